The minimum Gasteiger partial charge on any atom is -0.481 e. The number of halogens is 2. The number of carboxylic acids is 1. The number of carbonyl (C=O) groups excluding carboxylic acids is 2. The zero-order valence-electron chi connectivity index (χ0n) is 18.6. The first-order chi connectivity index (χ1) is 16.3. The van der Waals surface area contributed by atoms with Crippen LogP contribution in [-0.4, -0.2) is 60.1 Å². The Hall–Kier alpha value is -3.49. The van der Waals surface area contributed by atoms with Crippen LogP contribution in [0.5, 0.6) is 0 Å². The molecule has 4 rings (SSSR count). The Morgan fingerprint density at radius 3 is 2.18 bits per heavy atom. The highest BCUT2D eigenvalue weighted by atomic mass is 19.3. The third-order valence-electron chi connectivity index (χ3n) is 6.63. The van der Waals surface area contributed by atoms with E-state index in [4.69, 9.17) is 4.74 Å². The molecule has 180 valence electrons. The van der Waals surface area contributed by atoms with Gasteiger partial charge < -0.3 is 20.1 Å². The molecule has 1 saturated heterocycles. The summed E-state index contributed by atoms with van der Waals surface area (Å²) in [5.41, 5.74) is 4.08. The molecule has 2 aromatic rings. The summed E-state index contributed by atoms with van der Waals surface area (Å²) in [6.45, 7) is 1.81. The minimum absolute atomic E-state index is 0.0315. The molecule has 1 unspecified atom stereocenters. The van der Waals surface area contributed by atoms with Crippen LogP contribution in [0.1, 0.15) is 30.4 Å². The number of amides is 2. The Bertz CT molecular complexity index is 1050. The molecule has 3 atom stereocenters. The first-order valence-corrected chi connectivity index (χ1v) is 11.2. The largest absolute Gasteiger partial charge is 0.481 e. The molecule has 2 N–H and O–H groups in total. The first kappa shape index (κ1) is 23.7. The fraction of sp³-hybridized carbons (Fsp3) is 0.400. The molecule has 2 aromatic carbocycles. The number of alkyl halides is 2. The van der Waals surface area contributed by atoms with E-state index < -0.39 is 42.8 Å². The molecule has 7 nitrogen and oxygen atoms in total. The van der Waals surface area contributed by atoms with Gasteiger partial charge in [-0.25, -0.2) is 13.6 Å². The summed E-state index contributed by atoms with van der Waals surface area (Å²) >= 11 is 0. The van der Waals surface area contributed by atoms with Crippen LogP contribution in [0.2, 0.25) is 0 Å². The third kappa shape index (κ3) is 4.73. The van der Waals surface area contributed by atoms with E-state index in [1.54, 1.807) is 6.92 Å². The smallest absolute Gasteiger partial charge is 0.407 e. The second kappa shape index (κ2) is 9.79. The number of hydrogen-bond donors (Lipinski definition) is 2. The maximum atomic E-state index is 13.6. The number of rotatable bonds is 7. The second-order valence-corrected chi connectivity index (χ2v) is 8.84. The quantitative estimate of drug-likeness (QED) is 0.640. The Kier molecular flexibility index (Phi) is 6.81. The van der Waals surface area contributed by atoms with Crippen molar-refractivity contribution < 1.29 is 33.0 Å². The van der Waals surface area contributed by atoms with Crippen molar-refractivity contribution in [2.75, 3.05) is 19.7 Å². The topological polar surface area (TPSA) is 95.9 Å². The summed E-state index contributed by atoms with van der Waals surface area (Å²) in [6, 6.07) is 13.8. The molecule has 0 radical (unpaired) electrons. The molecule has 0 aromatic heterocycles. The van der Waals surface area contributed by atoms with Gasteiger partial charge >= 0.3 is 12.1 Å². The predicted molar refractivity (Wildman–Crippen MR) is 119 cm³/mol. The Labute approximate surface area is 195 Å². The SMILES string of the molecule is C[C@@H]1CN(C(=O)CC(NC(=O)OCC2c3ccccc3-c3ccccc32)C(F)F)C[C@H]1C(=O)O. The van der Waals surface area contributed by atoms with Crippen molar-refractivity contribution in [3.8, 4) is 11.1 Å². The van der Waals surface area contributed by atoms with E-state index >= 15 is 0 Å². The minimum atomic E-state index is -2.99. The fourth-order valence-corrected chi connectivity index (χ4v) is 4.80. The van der Waals surface area contributed by atoms with Gasteiger partial charge in [-0.05, 0) is 28.2 Å². The molecule has 1 aliphatic heterocycles. The number of ether oxygens (including phenoxy) is 1. The van der Waals surface area contributed by atoms with Crippen LogP contribution in [0.25, 0.3) is 11.1 Å². The van der Waals surface area contributed by atoms with Crippen molar-refractivity contribution in [1.82, 2.24) is 10.2 Å². The molecule has 1 fully saturated rings. The molecule has 1 aliphatic carbocycles. The van der Waals surface area contributed by atoms with Crippen LogP contribution < -0.4 is 5.32 Å². The summed E-state index contributed by atoms with van der Waals surface area (Å²) in [4.78, 5) is 37.4. The highest BCUT2D eigenvalue weighted by Gasteiger charge is 2.38. The van der Waals surface area contributed by atoms with Crippen molar-refractivity contribution in [3.05, 3.63) is 59.7 Å². The van der Waals surface area contributed by atoms with Crippen molar-refractivity contribution in [2.24, 2.45) is 11.8 Å². The standard InChI is InChI=1S/C25H26F2N2O5/c1-14-11-29(12-19(14)24(31)32)22(30)10-21(23(26)27)28-25(33)34-13-20-17-8-4-2-6-15(17)16-7-3-5-9-18(16)20/h2-9,14,19-21,23H,10-13H2,1H3,(H,28,33)(H,31,32)/t14-,19-,21?/m1/s1. The second-order valence-electron chi connectivity index (χ2n) is 8.84. The van der Waals surface area contributed by atoms with Gasteiger partial charge in [0.05, 0.1) is 12.3 Å². The molecule has 2 aliphatic rings. The van der Waals surface area contributed by atoms with Crippen LogP contribution in [0.15, 0.2) is 48.5 Å². The van der Waals surface area contributed by atoms with E-state index in [2.05, 4.69) is 5.32 Å². The number of likely N-dealkylation sites (tertiary alicyclic amines) is 1. The lowest BCUT2D eigenvalue weighted by Gasteiger charge is -2.22. The molecule has 0 bridgehead atoms. The summed E-state index contributed by atoms with van der Waals surface area (Å²) in [7, 11) is 0. The van der Waals surface area contributed by atoms with Crippen LogP contribution in [0.3, 0.4) is 0 Å². The summed E-state index contributed by atoms with van der Waals surface area (Å²) in [6.07, 6.45) is -4.65. The van der Waals surface area contributed by atoms with Crippen molar-refractivity contribution in [2.45, 2.75) is 31.7 Å². The van der Waals surface area contributed by atoms with Gasteiger partial charge in [0.1, 0.15) is 12.6 Å². The van der Waals surface area contributed by atoms with Crippen LogP contribution >= 0.6 is 0 Å². The van der Waals surface area contributed by atoms with Crippen LogP contribution in [-0.2, 0) is 14.3 Å². The summed E-state index contributed by atoms with van der Waals surface area (Å²) in [5.74, 6) is -2.88. The van der Waals surface area contributed by atoms with E-state index in [-0.39, 0.29) is 31.5 Å². The lowest BCUT2D eigenvalue weighted by Crippen LogP contribution is -2.44. The van der Waals surface area contributed by atoms with Gasteiger partial charge in [-0.2, -0.15) is 0 Å². The number of nitrogens with zero attached hydrogens (tertiary/aromatic N) is 1. The van der Waals surface area contributed by atoms with Gasteiger partial charge in [0.25, 0.3) is 6.43 Å². The lowest BCUT2D eigenvalue weighted by atomic mass is 9.98. The average Bonchev–Trinajstić information content (AvgIpc) is 3.35. The number of aliphatic carboxylic acids is 1. The van der Waals surface area contributed by atoms with Gasteiger partial charge in [0.2, 0.25) is 5.91 Å². The van der Waals surface area contributed by atoms with Crippen molar-refractivity contribution in [1.29, 1.82) is 0 Å². The Morgan fingerprint density at radius 1 is 1.06 bits per heavy atom. The first-order valence-electron chi connectivity index (χ1n) is 11.2. The highest BCUT2D eigenvalue weighted by molar-refractivity contribution is 5.81. The molecule has 34 heavy (non-hydrogen) atoms. The molecule has 0 spiro atoms. The number of nitrogens with one attached hydrogen (secondary N) is 1. The maximum Gasteiger partial charge on any atom is 0.407 e. The predicted octanol–water partition coefficient (Wildman–Crippen LogP) is 3.73. The van der Waals surface area contributed by atoms with Gasteiger partial charge in [0, 0.05) is 19.0 Å². The van der Waals surface area contributed by atoms with Gasteiger partial charge in [-0.1, -0.05) is 55.5 Å². The molecule has 9 heteroatoms. The van der Waals surface area contributed by atoms with E-state index in [0.29, 0.717) is 0 Å². The number of carboxylic acid groups (broad SMARTS) is 1. The van der Waals surface area contributed by atoms with Crippen molar-refractivity contribution >= 4 is 18.0 Å². The van der Waals surface area contributed by atoms with E-state index in [0.717, 1.165) is 22.3 Å². The highest BCUT2D eigenvalue weighted by Crippen LogP contribution is 2.44. The molecular weight excluding hydrogens is 446 g/mol. The molecule has 1 heterocycles. The average molecular weight is 472 g/mol. The van der Waals surface area contributed by atoms with Crippen LogP contribution in [0.4, 0.5) is 13.6 Å². The van der Waals surface area contributed by atoms with E-state index in [1.165, 1.54) is 4.90 Å². The normalized spacial score (nSPS) is 20.1. The van der Waals surface area contributed by atoms with Crippen molar-refractivity contribution in [3.63, 3.8) is 0 Å². The number of alkyl carbamates (subject to hydrolysis) is 1. The molecule has 2 amide bonds. The molecular formula is C25H26F2N2O5. The maximum absolute atomic E-state index is 13.6. The number of benzene rings is 2. The summed E-state index contributed by atoms with van der Waals surface area (Å²) in [5, 5.41) is 11.3. The van der Waals surface area contributed by atoms with Crippen LogP contribution in [0, 0.1) is 11.8 Å². The van der Waals surface area contributed by atoms with Gasteiger partial charge in [-0.3, -0.25) is 9.59 Å². The summed E-state index contributed by atoms with van der Waals surface area (Å²) < 4.78 is 32.5. The Balaban J connectivity index is 1.36. The number of fused-ring (bicyclic) bond motifs is 3. The zero-order chi connectivity index (χ0) is 24.4. The van der Waals surface area contributed by atoms with E-state index in [1.807, 2.05) is 48.5 Å². The monoisotopic (exact) mass is 472 g/mol. The van der Waals surface area contributed by atoms with E-state index in [9.17, 15) is 28.3 Å². The third-order valence-corrected chi connectivity index (χ3v) is 6.63. The number of carbonyl (C=O) groups is 3. The Morgan fingerprint density at radius 2 is 1.65 bits per heavy atom. The van der Waals surface area contributed by atoms with Gasteiger partial charge in [0.15, 0.2) is 0 Å². The zero-order valence-corrected chi connectivity index (χ0v) is 18.6. The van der Waals surface area contributed by atoms with Gasteiger partial charge in [-0.15, -0.1) is 0 Å². The molecule has 0 saturated carbocycles. The fourth-order valence-electron chi connectivity index (χ4n) is 4.80. The lowest BCUT2D eigenvalue weighted by molar-refractivity contribution is -0.142. The number of hydrogen-bond acceptors (Lipinski definition) is 4.